The SMILES string of the molecule is O=C(N/N=C\c1ccc(/C=N\NC(=O)c2cc(-c3ccc(Cl)cc3)nc3ccccc23)cc1)c1cc(-c2ccc(Cl)cc2)nc2ccccc12. The van der Waals surface area contributed by atoms with Crippen molar-refractivity contribution in [3.63, 3.8) is 0 Å². The Morgan fingerprint density at radius 1 is 0.520 bits per heavy atom. The first kappa shape index (κ1) is 32.3. The highest BCUT2D eigenvalue weighted by molar-refractivity contribution is 6.31. The van der Waals surface area contributed by atoms with Crippen molar-refractivity contribution in [2.24, 2.45) is 10.2 Å². The van der Waals surface area contributed by atoms with Crippen LogP contribution < -0.4 is 10.9 Å². The van der Waals surface area contributed by atoms with Gasteiger partial charge < -0.3 is 0 Å². The van der Waals surface area contributed by atoms with E-state index >= 15 is 0 Å². The molecule has 0 aliphatic carbocycles. The molecule has 242 valence electrons. The number of benzene rings is 5. The summed E-state index contributed by atoms with van der Waals surface area (Å²) < 4.78 is 0. The molecule has 0 saturated carbocycles. The summed E-state index contributed by atoms with van der Waals surface area (Å²) in [5, 5.41) is 11.0. The van der Waals surface area contributed by atoms with Crippen LogP contribution in [0.5, 0.6) is 0 Å². The van der Waals surface area contributed by atoms with Crippen LogP contribution in [0.15, 0.2) is 144 Å². The lowest BCUT2D eigenvalue weighted by Gasteiger charge is -2.09. The smallest absolute Gasteiger partial charge is 0.267 e. The van der Waals surface area contributed by atoms with Gasteiger partial charge in [-0.25, -0.2) is 20.8 Å². The quantitative estimate of drug-likeness (QED) is 0.122. The van der Waals surface area contributed by atoms with Crippen molar-refractivity contribution in [2.75, 3.05) is 0 Å². The lowest BCUT2D eigenvalue weighted by atomic mass is 10.0. The van der Waals surface area contributed by atoms with Crippen molar-refractivity contribution in [2.45, 2.75) is 0 Å². The fourth-order valence-corrected chi connectivity index (χ4v) is 5.64. The van der Waals surface area contributed by atoms with E-state index in [-0.39, 0.29) is 11.8 Å². The van der Waals surface area contributed by atoms with Crippen LogP contribution in [-0.4, -0.2) is 34.2 Å². The molecule has 0 radical (unpaired) electrons. The Hall–Kier alpha value is -6.22. The van der Waals surface area contributed by atoms with Crippen molar-refractivity contribution in [3.8, 4) is 22.5 Å². The van der Waals surface area contributed by atoms with Crippen molar-refractivity contribution in [1.82, 2.24) is 20.8 Å². The maximum atomic E-state index is 13.3. The zero-order valence-corrected chi connectivity index (χ0v) is 27.7. The van der Waals surface area contributed by atoms with Crippen LogP contribution in [0.3, 0.4) is 0 Å². The van der Waals surface area contributed by atoms with Crippen LogP contribution in [0, 0.1) is 0 Å². The molecule has 2 heterocycles. The van der Waals surface area contributed by atoms with Gasteiger partial charge in [-0.2, -0.15) is 10.2 Å². The van der Waals surface area contributed by atoms with E-state index < -0.39 is 0 Å². The van der Waals surface area contributed by atoms with E-state index in [0.717, 1.165) is 22.3 Å². The monoisotopic (exact) mass is 692 g/mol. The molecule has 10 heteroatoms. The molecule has 0 unspecified atom stereocenters. The number of hydrazone groups is 2. The molecule has 5 aromatic carbocycles. The summed E-state index contributed by atoms with van der Waals surface area (Å²) in [6, 6.07) is 40.3. The van der Waals surface area contributed by atoms with Crippen molar-refractivity contribution >= 4 is 69.3 Å². The number of nitrogens with one attached hydrogen (secondary N) is 2. The van der Waals surface area contributed by atoms with Gasteiger partial charge in [0.25, 0.3) is 11.8 Å². The minimum Gasteiger partial charge on any atom is -0.267 e. The average molecular weight is 694 g/mol. The number of hydrogen-bond acceptors (Lipinski definition) is 6. The third-order valence-electron chi connectivity index (χ3n) is 7.90. The Morgan fingerprint density at radius 2 is 0.900 bits per heavy atom. The average Bonchev–Trinajstić information content (AvgIpc) is 3.15. The molecule has 2 aromatic heterocycles. The molecule has 50 heavy (non-hydrogen) atoms. The number of para-hydroxylation sites is 2. The van der Waals surface area contributed by atoms with Gasteiger partial charge in [-0.1, -0.05) is 108 Å². The number of carbonyl (C=O) groups excluding carboxylic acids is 2. The number of halogens is 2. The van der Waals surface area contributed by atoms with E-state index in [1.165, 1.54) is 0 Å². The molecule has 0 fully saturated rings. The van der Waals surface area contributed by atoms with Crippen LogP contribution in [0.1, 0.15) is 31.8 Å². The van der Waals surface area contributed by atoms with Gasteiger partial charge in [-0.05, 0) is 59.7 Å². The van der Waals surface area contributed by atoms with Crippen LogP contribution in [0.4, 0.5) is 0 Å². The molecule has 8 nitrogen and oxygen atoms in total. The molecular weight excluding hydrogens is 667 g/mol. The van der Waals surface area contributed by atoms with Gasteiger partial charge in [0.15, 0.2) is 0 Å². The first-order valence-electron chi connectivity index (χ1n) is 15.5. The lowest BCUT2D eigenvalue weighted by Crippen LogP contribution is -2.18. The molecule has 0 spiro atoms. The minimum absolute atomic E-state index is 0.364. The first-order chi connectivity index (χ1) is 24.4. The Morgan fingerprint density at radius 3 is 1.30 bits per heavy atom. The summed E-state index contributed by atoms with van der Waals surface area (Å²) in [5.41, 5.74) is 12.1. The fraction of sp³-hybridized carbons (Fsp3) is 0. The normalized spacial score (nSPS) is 11.4. The Kier molecular flexibility index (Phi) is 9.37. The maximum Gasteiger partial charge on any atom is 0.272 e. The highest BCUT2D eigenvalue weighted by Crippen LogP contribution is 2.27. The predicted molar refractivity (Wildman–Crippen MR) is 201 cm³/mol. The van der Waals surface area contributed by atoms with Gasteiger partial charge in [0.1, 0.15) is 0 Å². The zero-order valence-electron chi connectivity index (χ0n) is 26.2. The van der Waals surface area contributed by atoms with Crippen molar-refractivity contribution < 1.29 is 9.59 Å². The molecule has 7 rings (SSSR count). The van der Waals surface area contributed by atoms with Gasteiger partial charge in [-0.15, -0.1) is 0 Å². The number of rotatable bonds is 8. The number of aromatic nitrogens is 2. The summed E-state index contributed by atoms with van der Waals surface area (Å²) in [6.07, 6.45) is 3.10. The lowest BCUT2D eigenvalue weighted by molar-refractivity contribution is 0.0948. The molecule has 2 N–H and O–H groups in total. The second-order valence-corrected chi connectivity index (χ2v) is 12.1. The standard InChI is InChI=1S/C40H26Cl2N6O2/c41-29-17-13-27(14-18-29)37-21-33(31-5-1-3-7-35(31)45-37)39(49)47-43-23-25-9-11-26(12-10-25)24-44-48-40(50)34-22-38(28-15-19-30(42)20-16-28)46-36-8-4-2-6-32(34)36/h1-24H,(H,47,49)(H,48,50)/b43-23-,44-24-. The van der Waals surface area contributed by atoms with E-state index in [1.807, 2.05) is 97.1 Å². The van der Waals surface area contributed by atoms with Gasteiger partial charge in [-0.3, -0.25) is 9.59 Å². The first-order valence-corrected chi connectivity index (χ1v) is 16.3. The van der Waals surface area contributed by atoms with Crippen LogP contribution in [0.25, 0.3) is 44.3 Å². The van der Waals surface area contributed by atoms with E-state index in [4.69, 9.17) is 33.2 Å². The number of carbonyl (C=O) groups is 2. The summed E-state index contributed by atoms with van der Waals surface area (Å²) >= 11 is 12.1. The summed E-state index contributed by atoms with van der Waals surface area (Å²) in [4.78, 5) is 36.0. The summed E-state index contributed by atoms with van der Waals surface area (Å²) in [5.74, 6) is -0.728. The largest absolute Gasteiger partial charge is 0.272 e. The highest BCUT2D eigenvalue weighted by Gasteiger charge is 2.15. The van der Waals surface area contributed by atoms with E-state index in [1.54, 1.807) is 48.8 Å². The second kappa shape index (κ2) is 14.5. The fourth-order valence-electron chi connectivity index (χ4n) is 5.38. The number of nitrogens with zero attached hydrogens (tertiary/aromatic N) is 4. The van der Waals surface area contributed by atoms with Gasteiger partial charge >= 0.3 is 0 Å². The number of hydrogen-bond donors (Lipinski definition) is 2. The minimum atomic E-state index is -0.364. The van der Waals surface area contributed by atoms with Gasteiger partial charge in [0.2, 0.25) is 0 Å². The van der Waals surface area contributed by atoms with E-state index in [0.29, 0.717) is 54.4 Å². The van der Waals surface area contributed by atoms with Crippen molar-refractivity contribution in [3.05, 3.63) is 166 Å². The number of pyridine rings is 2. The Balaban J connectivity index is 1.02. The van der Waals surface area contributed by atoms with E-state index in [9.17, 15) is 9.59 Å². The molecule has 0 atom stereocenters. The Labute approximate surface area is 297 Å². The van der Waals surface area contributed by atoms with Crippen molar-refractivity contribution in [1.29, 1.82) is 0 Å². The highest BCUT2D eigenvalue weighted by atomic mass is 35.5. The zero-order chi connectivity index (χ0) is 34.5. The van der Waals surface area contributed by atoms with Gasteiger partial charge in [0, 0.05) is 31.9 Å². The molecule has 0 saturated heterocycles. The maximum absolute atomic E-state index is 13.3. The third-order valence-corrected chi connectivity index (χ3v) is 8.40. The molecular formula is C40H26Cl2N6O2. The van der Waals surface area contributed by atoms with Crippen LogP contribution in [-0.2, 0) is 0 Å². The van der Waals surface area contributed by atoms with Crippen LogP contribution in [0.2, 0.25) is 10.0 Å². The summed E-state index contributed by atoms with van der Waals surface area (Å²) in [7, 11) is 0. The molecule has 0 bridgehead atoms. The number of amides is 2. The third kappa shape index (κ3) is 7.27. The molecule has 0 aliphatic heterocycles. The Bertz CT molecular complexity index is 2260. The van der Waals surface area contributed by atoms with E-state index in [2.05, 4.69) is 21.1 Å². The summed E-state index contributed by atoms with van der Waals surface area (Å²) in [6.45, 7) is 0. The molecule has 2 amide bonds. The predicted octanol–water partition coefficient (Wildman–Crippen LogP) is 8.95. The second-order valence-electron chi connectivity index (χ2n) is 11.2. The van der Waals surface area contributed by atoms with Gasteiger partial charge in [0.05, 0.1) is 46.0 Å². The molecule has 7 aromatic rings. The topological polar surface area (TPSA) is 109 Å². The number of fused-ring (bicyclic) bond motifs is 2. The van der Waals surface area contributed by atoms with Crippen LogP contribution >= 0.6 is 23.2 Å². The molecule has 0 aliphatic rings.